The third kappa shape index (κ3) is 4.25. The van der Waals surface area contributed by atoms with Crippen LogP contribution in [0.4, 0.5) is 5.69 Å². The lowest BCUT2D eigenvalue weighted by atomic mass is 9.93. The number of nitrogens with one attached hydrogen (secondary N) is 2. The molecule has 0 saturated carbocycles. The van der Waals surface area contributed by atoms with Crippen molar-refractivity contribution in [2.24, 2.45) is 0 Å². The van der Waals surface area contributed by atoms with E-state index >= 15 is 0 Å². The molecule has 33 heavy (non-hydrogen) atoms. The van der Waals surface area contributed by atoms with Crippen molar-refractivity contribution in [3.05, 3.63) is 95.2 Å². The molecule has 4 aromatic rings. The van der Waals surface area contributed by atoms with Crippen LogP contribution >= 0.6 is 0 Å². The van der Waals surface area contributed by atoms with E-state index in [2.05, 4.69) is 39.3 Å². The molecule has 7 heteroatoms. The van der Waals surface area contributed by atoms with Crippen LogP contribution < -0.4 is 10.0 Å². The Balaban J connectivity index is 1.60. The maximum absolute atomic E-state index is 12.9. The number of rotatable bonds is 5. The van der Waals surface area contributed by atoms with Gasteiger partial charge < -0.3 is 5.32 Å². The molecule has 166 valence electrons. The number of carbonyl (C=O) groups excluding carboxylic acids is 1. The standard InChI is InChI=1S/C26H23N3O3S/c1-16-24(26(30)29-33(31)32)25(17-7-3-2-4-8-17)22-15-20(11-12-23(22)27-16)28-21-13-18-9-5-6-10-19(18)14-21/h2-12,15,21,28H,13-14H2,1H3,(H,29,30)(H,31,32). The van der Waals surface area contributed by atoms with E-state index in [-0.39, 0.29) is 6.04 Å². The molecule has 1 aromatic heterocycles. The van der Waals surface area contributed by atoms with E-state index in [1.807, 2.05) is 48.5 Å². The zero-order valence-corrected chi connectivity index (χ0v) is 18.9. The van der Waals surface area contributed by atoms with Gasteiger partial charge in [-0.05, 0) is 54.7 Å². The second kappa shape index (κ2) is 8.77. The predicted octanol–water partition coefficient (Wildman–Crippen LogP) is 4.66. The largest absolute Gasteiger partial charge is 0.382 e. The lowest BCUT2D eigenvalue weighted by Crippen LogP contribution is -2.26. The maximum atomic E-state index is 12.9. The molecule has 3 N–H and O–H groups in total. The lowest BCUT2D eigenvalue weighted by molar-refractivity contribution is 0.0980. The first-order valence-corrected chi connectivity index (χ1v) is 11.8. The number of aromatic nitrogens is 1. The van der Waals surface area contributed by atoms with E-state index in [4.69, 9.17) is 0 Å². The number of anilines is 1. The third-order valence-corrected chi connectivity index (χ3v) is 6.42. The van der Waals surface area contributed by atoms with Crippen molar-refractivity contribution in [1.29, 1.82) is 0 Å². The summed E-state index contributed by atoms with van der Waals surface area (Å²) in [4.78, 5) is 17.5. The van der Waals surface area contributed by atoms with Gasteiger partial charge in [-0.3, -0.25) is 14.3 Å². The van der Waals surface area contributed by atoms with Crippen LogP contribution in [0.25, 0.3) is 22.0 Å². The van der Waals surface area contributed by atoms with Gasteiger partial charge in [0.1, 0.15) is 0 Å². The molecule has 0 spiro atoms. The quantitative estimate of drug-likeness (QED) is 0.379. The second-order valence-corrected chi connectivity index (χ2v) is 8.95. The number of nitrogens with zero attached hydrogens (tertiary/aromatic N) is 1. The number of pyridine rings is 1. The smallest absolute Gasteiger partial charge is 0.267 e. The molecule has 3 aromatic carbocycles. The molecule has 1 aliphatic rings. The first-order valence-electron chi connectivity index (χ1n) is 10.7. The van der Waals surface area contributed by atoms with Crippen LogP contribution in [0.1, 0.15) is 27.2 Å². The Morgan fingerprint density at radius 2 is 1.67 bits per heavy atom. The fourth-order valence-corrected chi connectivity index (χ4v) is 4.95. The summed E-state index contributed by atoms with van der Waals surface area (Å²) in [5.74, 6) is -0.633. The molecule has 5 rings (SSSR count). The topological polar surface area (TPSA) is 91.3 Å². The Kier molecular flexibility index (Phi) is 5.66. The number of aryl methyl sites for hydroxylation is 1. The van der Waals surface area contributed by atoms with Gasteiger partial charge >= 0.3 is 0 Å². The van der Waals surface area contributed by atoms with E-state index in [1.54, 1.807) is 6.92 Å². The summed E-state index contributed by atoms with van der Waals surface area (Å²) in [6.07, 6.45) is 1.92. The van der Waals surface area contributed by atoms with E-state index in [0.717, 1.165) is 35.0 Å². The SMILES string of the molecule is Cc1nc2ccc(NC3Cc4ccccc4C3)cc2c(-c2ccccc2)c1C(=O)NS(=O)O. The van der Waals surface area contributed by atoms with Crippen molar-refractivity contribution in [1.82, 2.24) is 9.71 Å². The number of fused-ring (bicyclic) bond motifs is 2. The number of hydrogen-bond donors (Lipinski definition) is 3. The van der Waals surface area contributed by atoms with E-state index in [9.17, 15) is 13.6 Å². The van der Waals surface area contributed by atoms with Gasteiger partial charge in [0, 0.05) is 22.7 Å². The molecule has 0 radical (unpaired) electrons. The van der Waals surface area contributed by atoms with Gasteiger partial charge in [0.05, 0.1) is 16.8 Å². The Labute approximate surface area is 194 Å². The van der Waals surface area contributed by atoms with Crippen molar-refractivity contribution in [3.8, 4) is 11.1 Å². The molecular weight excluding hydrogens is 434 g/mol. The van der Waals surface area contributed by atoms with Crippen LogP contribution in [0.5, 0.6) is 0 Å². The van der Waals surface area contributed by atoms with Crippen LogP contribution in [-0.2, 0) is 24.1 Å². The molecule has 0 saturated heterocycles. The molecule has 0 bridgehead atoms. The fraction of sp³-hybridized carbons (Fsp3) is 0.154. The number of benzene rings is 3. The third-order valence-electron chi connectivity index (χ3n) is 6.06. The summed E-state index contributed by atoms with van der Waals surface area (Å²) < 4.78 is 22.6. The minimum Gasteiger partial charge on any atom is -0.382 e. The van der Waals surface area contributed by atoms with Gasteiger partial charge in [-0.15, -0.1) is 0 Å². The van der Waals surface area contributed by atoms with Crippen LogP contribution in [0.15, 0.2) is 72.8 Å². The normalized spacial score (nSPS) is 14.1. The average Bonchev–Trinajstić information content (AvgIpc) is 3.20. The Morgan fingerprint density at radius 3 is 2.33 bits per heavy atom. The van der Waals surface area contributed by atoms with Gasteiger partial charge in [0.25, 0.3) is 17.2 Å². The molecule has 0 fully saturated rings. The highest BCUT2D eigenvalue weighted by Crippen LogP contribution is 2.35. The fourth-order valence-electron chi connectivity index (χ4n) is 4.69. The molecule has 1 unspecified atom stereocenters. The van der Waals surface area contributed by atoms with Crippen molar-refractivity contribution in [2.45, 2.75) is 25.8 Å². The zero-order chi connectivity index (χ0) is 22.9. The minimum absolute atomic E-state index is 0.290. The Hall–Kier alpha value is -3.55. The first kappa shape index (κ1) is 21.3. The zero-order valence-electron chi connectivity index (χ0n) is 18.0. The van der Waals surface area contributed by atoms with Crippen molar-refractivity contribution < 1.29 is 13.6 Å². The van der Waals surface area contributed by atoms with Crippen LogP contribution in [0, 0.1) is 6.92 Å². The molecular formula is C26H23N3O3S. The maximum Gasteiger partial charge on any atom is 0.267 e. The van der Waals surface area contributed by atoms with E-state index < -0.39 is 17.2 Å². The van der Waals surface area contributed by atoms with Crippen molar-refractivity contribution in [3.63, 3.8) is 0 Å². The second-order valence-electron chi connectivity index (χ2n) is 8.24. The average molecular weight is 458 g/mol. The van der Waals surface area contributed by atoms with Gasteiger partial charge in [-0.1, -0.05) is 54.6 Å². The van der Waals surface area contributed by atoms with Crippen molar-refractivity contribution in [2.75, 3.05) is 5.32 Å². The summed E-state index contributed by atoms with van der Waals surface area (Å²) in [5, 5.41) is 4.44. The summed E-state index contributed by atoms with van der Waals surface area (Å²) in [5.41, 5.74) is 6.76. The first-order chi connectivity index (χ1) is 16.0. The molecule has 0 aliphatic heterocycles. The summed E-state index contributed by atoms with van der Waals surface area (Å²) >= 11 is -2.47. The molecule has 1 heterocycles. The van der Waals surface area contributed by atoms with Crippen LogP contribution in [-0.4, -0.2) is 25.7 Å². The summed E-state index contributed by atoms with van der Waals surface area (Å²) in [7, 11) is 0. The molecule has 1 aliphatic carbocycles. The highest BCUT2D eigenvalue weighted by molar-refractivity contribution is 7.77. The molecule has 1 atom stereocenters. The number of amides is 1. The van der Waals surface area contributed by atoms with Crippen molar-refractivity contribution >= 4 is 33.8 Å². The molecule has 1 amide bonds. The highest BCUT2D eigenvalue weighted by Gasteiger charge is 2.23. The van der Waals surface area contributed by atoms with Gasteiger partial charge in [0.2, 0.25) is 0 Å². The summed E-state index contributed by atoms with van der Waals surface area (Å²) in [6.45, 7) is 1.74. The van der Waals surface area contributed by atoms with E-state index in [0.29, 0.717) is 16.8 Å². The number of carbonyl (C=O) groups is 1. The van der Waals surface area contributed by atoms with Crippen LogP contribution in [0.3, 0.4) is 0 Å². The Morgan fingerprint density at radius 1 is 1.00 bits per heavy atom. The van der Waals surface area contributed by atoms with Crippen LogP contribution in [0.2, 0.25) is 0 Å². The van der Waals surface area contributed by atoms with E-state index in [1.165, 1.54) is 11.1 Å². The minimum atomic E-state index is -2.47. The number of hydrogen-bond acceptors (Lipinski definition) is 4. The predicted molar refractivity (Wildman–Crippen MR) is 131 cm³/mol. The van der Waals surface area contributed by atoms with Gasteiger partial charge in [-0.2, -0.15) is 0 Å². The monoisotopic (exact) mass is 457 g/mol. The Bertz CT molecular complexity index is 1360. The molecule has 6 nitrogen and oxygen atoms in total. The summed E-state index contributed by atoms with van der Waals surface area (Å²) in [6, 6.07) is 24.3. The van der Waals surface area contributed by atoms with Gasteiger partial charge in [0.15, 0.2) is 0 Å². The lowest BCUT2D eigenvalue weighted by Gasteiger charge is -2.18. The van der Waals surface area contributed by atoms with Gasteiger partial charge in [-0.25, -0.2) is 8.93 Å². The highest BCUT2D eigenvalue weighted by atomic mass is 32.2.